The Hall–Kier alpha value is -6.89. The normalized spacial score (nSPS) is 34.8. The number of amides is 7. The molecule has 133 heavy (non-hydrogen) atoms. The van der Waals surface area contributed by atoms with E-state index in [2.05, 4.69) is 37.2 Å². The summed E-state index contributed by atoms with van der Waals surface area (Å²) in [6.45, 7) is 1.36. The van der Waals surface area contributed by atoms with Gasteiger partial charge in [-0.2, -0.15) is 11.8 Å². The van der Waals surface area contributed by atoms with Gasteiger partial charge in [0.25, 0.3) is 5.91 Å². The summed E-state index contributed by atoms with van der Waals surface area (Å²) in [5, 5.41) is 209. The molecule has 10 rings (SSSR count). The molecule has 12 unspecified atom stereocenters. The Labute approximate surface area is 769 Å². The minimum atomic E-state index is -2.01. The number of fused-ring (bicyclic) bond motifs is 1. The first-order valence-corrected chi connectivity index (χ1v) is 45.4. The van der Waals surface area contributed by atoms with Crippen LogP contribution in [0.1, 0.15) is 97.0 Å². The van der Waals surface area contributed by atoms with Crippen LogP contribution >= 0.6 is 11.8 Å². The lowest BCUT2D eigenvalue weighted by atomic mass is 9.95. The van der Waals surface area contributed by atoms with E-state index >= 15 is 0 Å². The van der Waals surface area contributed by atoms with Gasteiger partial charge in [-0.25, -0.2) is 4.79 Å². The van der Waals surface area contributed by atoms with Gasteiger partial charge in [0.1, 0.15) is 170 Å². The van der Waals surface area contributed by atoms with Gasteiger partial charge in [0.05, 0.1) is 64.9 Å². The summed E-state index contributed by atoms with van der Waals surface area (Å²) in [5.74, 6) is -0.282. The van der Waals surface area contributed by atoms with Crippen molar-refractivity contribution >= 4 is 58.9 Å². The van der Waals surface area contributed by atoms with E-state index < -0.39 is 241 Å². The first kappa shape index (κ1) is 110. The summed E-state index contributed by atoms with van der Waals surface area (Å²) in [4.78, 5) is 96.3. The van der Waals surface area contributed by atoms with Crippen molar-refractivity contribution in [3.8, 4) is 22.6 Å². The molecule has 0 saturated carbocycles. The van der Waals surface area contributed by atoms with Crippen LogP contribution in [0, 0.1) is 6.92 Å². The van der Waals surface area contributed by atoms with E-state index in [1.54, 1.807) is 36.4 Å². The second-order valence-electron chi connectivity index (χ2n) is 33.4. The Balaban J connectivity index is 0.000000559. The van der Waals surface area contributed by atoms with Crippen LogP contribution in [0.25, 0.3) is 11.1 Å². The van der Waals surface area contributed by atoms with Crippen molar-refractivity contribution in [1.29, 1.82) is 0 Å². The predicted molar refractivity (Wildman–Crippen MR) is 453 cm³/mol. The number of carbonyl (C=O) groups is 8. The zero-order chi connectivity index (χ0) is 96.9. The minimum Gasteiger partial charge on any atom is -0.486 e. The zero-order valence-electron chi connectivity index (χ0n) is 74.0. The number of ether oxygens (including phenoxy) is 15. The summed E-state index contributed by atoms with van der Waals surface area (Å²) in [6, 6.07) is 9.89. The van der Waals surface area contributed by atoms with Gasteiger partial charge in [0.15, 0.2) is 50.1 Å². The van der Waals surface area contributed by atoms with Gasteiger partial charge in [0, 0.05) is 90.3 Å². The number of aliphatic hydroxyl groups excluding tert-OH is 18. The molecule has 2 aromatic rings. The molecule has 0 spiro atoms. The number of unbranched alkanes of at least 4 members (excludes halogenated alkanes) is 2. The van der Waals surface area contributed by atoms with Gasteiger partial charge in [-0.05, 0) is 86.4 Å². The molecule has 25 N–H and O–H groups in total. The van der Waals surface area contributed by atoms with Crippen molar-refractivity contribution in [2.24, 2.45) is 0 Å². The number of benzene rings is 2. The standard InChI is InChI=1S/C64H97N3O36.C20H34N4O5S/c1-26-15-30(17-33(16-26)92-24-31(76)7-4-5-13-90-59-41(66-27(2)74)47(82)55(38(22-72)98-59)100-63-53(88)57(45(80)36(20-70)96-63)102-61-51(86)49(84)43(78)34(18-68)94-61)29-8-10-32(11-9-29)93-25-40(77)65-12-6-14-91-60-42(67-28(3)75)48(83)56(39(23-73)99-60)101-64-54(89)58(46(81)37(21-71)97-64)103-62-52(87)50(85)44(79)35(19-69)95-62;1-14(25)21-9-10-22-18(27)8-12-29-11-4-6-15(26)5-2-3-7-17-19-16(13-30-17)23-20(28)24-19/h8-11,15-17,34-39,41-64,68-73,78-89H,4-7,12-14,18-25H2,1-3H3,(H,65,77)(H,66,74)(H,67,75);16-17,19H,2-13H2,1H3,(H,21,25)(H,22,27)(H2,23,24,28)/t34?,35?,36?,37?,38?,39?,41?,42?,43-,44-,45-,46-,47+,48+,49?,50?,51-,52-,53?,54?,55+,56+,57-,58-,59+,60+,61+,62+,63-,64-;16-,17-,19-/m00/s1. The number of rotatable bonds is 49. The molecule has 8 saturated heterocycles. The summed E-state index contributed by atoms with van der Waals surface area (Å²) >= 11 is 1.90. The third kappa shape index (κ3) is 31.6. The second-order valence-corrected chi connectivity index (χ2v) is 34.7. The summed E-state index contributed by atoms with van der Waals surface area (Å²) in [7, 11) is 0. The molecule has 8 aliphatic heterocycles. The van der Waals surface area contributed by atoms with Crippen molar-refractivity contribution in [3.63, 3.8) is 0 Å². The lowest BCUT2D eigenvalue weighted by Gasteiger charge is -2.48. The van der Waals surface area contributed by atoms with E-state index in [0.29, 0.717) is 68.7 Å². The summed E-state index contributed by atoms with van der Waals surface area (Å²) in [5.41, 5.74) is 2.31. The Bertz CT molecular complexity index is 3940. The quantitative estimate of drug-likeness (QED) is 0.0216. The molecule has 7 amide bonds. The van der Waals surface area contributed by atoms with Gasteiger partial charge in [0.2, 0.25) is 23.6 Å². The second kappa shape index (κ2) is 54.5. The van der Waals surface area contributed by atoms with Gasteiger partial charge < -0.3 is 200 Å². The van der Waals surface area contributed by atoms with E-state index in [1.165, 1.54) is 6.92 Å². The number of hydrogen-bond acceptors (Lipinski definition) is 42. The molecular weight excluding hydrogens is 1790 g/mol. The molecule has 49 heteroatoms. The van der Waals surface area contributed by atoms with Crippen LogP contribution in [0.3, 0.4) is 0 Å². The molecular formula is C84H131N7O41S. The maximum Gasteiger partial charge on any atom is 0.315 e. The highest BCUT2D eigenvalue weighted by atomic mass is 32.2. The Morgan fingerprint density at radius 2 is 0.865 bits per heavy atom. The average molecular weight is 1930 g/mol. The maximum absolute atomic E-state index is 13.1. The first-order chi connectivity index (χ1) is 63.6. The topological polar surface area (TPSA) is 723 Å². The lowest BCUT2D eigenvalue weighted by molar-refractivity contribution is -0.376. The van der Waals surface area contributed by atoms with E-state index in [-0.39, 0.29) is 100 Å². The molecule has 33 atom stereocenters. The number of Topliss-reactive ketones (excluding diaryl/α,β-unsaturated/α-hetero) is 2. The predicted octanol–water partition coefficient (Wildman–Crippen LogP) is -9.40. The zero-order valence-corrected chi connectivity index (χ0v) is 74.9. The van der Waals surface area contributed by atoms with Crippen molar-refractivity contribution in [3.05, 3.63) is 48.0 Å². The van der Waals surface area contributed by atoms with Crippen LogP contribution in [0.4, 0.5) is 4.79 Å². The highest BCUT2D eigenvalue weighted by molar-refractivity contribution is 8.00. The number of ketones is 2. The van der Waals surface area contributed by atoms with E-state index in [4.69, 9.17) is 71.1 Å². The number of carbonyl (C=O) groups excluding carboxylic acids is 8. The maximum atomic E-state index is 13.1. The number of urea groups is 1. The molecule has 0 aromatic heterocycles. The summed E-state index contributed by atoms with van der Waals surface area (Å²) < 4.78 is 85.6. The van der Waals surface area contributed by atoms with Crippen LogP contribution < -0.4 is 46.7 Å². The molecule has 754 valence electrons. The van der Waals surface area contributed by atoms with Crippen molar-refractivity contribution in [2.75, 3.05) is 105 Å². The Kier molecular flexibility index (Phi) is 44.9. The molecule has 0 radical (unpaired) electrons. The smallest absolute Gasteiger partial charge is 0.315 e. The molecule has 8 heterocycles. The van der Waals surface area contributed by atoms with Crippen LogP contribution in [0.15, 0.2) is 42.5 Å². The molecule has 2 aromatic carbocycles. The molecule has 8 aliphatic rings. The van der Waals surface area contributed by atoms with Gasteiger partial charge in [-0.1, -0.05) is 24.6 Å². The average Bonchev–Trinajstić information content (AvgIpc) is 1.76. The molecule has 0 aliphatic carbocycles. The monoisotopic (exact) mass is 1930 g/mol. The van der Waals surface area contributed by atoms with Crippen LogP contribution in [-0.4, -0.2) is 445 Å². The SMILES string of the molecule is CC(=O)NC1[C@H](OCCCCC(=O)COc2cc(C)cc(-c3ccc(OCC(=O)NCCCO[C@@H]4OC(CO)[C@@H](O[C@@H]5OC(CO)[C@H](O)[C@H](O[C@H]6OC(CO)[C@H](O)C(O)[C@@H]6O)C5O)[C@H](O)C4NC(C)=O)cc3)c2)OC(CO)[C@@H](O[C@@H]2OC(CO)[C@H](O)[C@H](O[C@H]3OC(CO)[C@H](O)C(O)[C@@H]3O)C2O)[C@@H]1O.CC(=O)NCCNC(=O)CCOCCCC(=O)CCCC[C@@H]1SC[C@@H]2NC(=O)N[C@@H]21. The van der Waals surface area contributed by atoms with Gasteiger partial charge in [-0.3, -0.25) is 33.6 Å². The third-order valence-electron chi connectivity index (χ3n) is 23.2. The van der Waals surface area contributed by atoms with E-state index in [0.717, 1.165) is 55.6 Å². The summed E-state index contributed by atoms with van der Waals surface area (Å²) in [6.07, 6.45) is -42.4. The fourth-order valence-corrected chi connectivity index (χ4v) is 17.6. The van der Waals surface area contributed by atoms with Gasteiger partial charge in [-0.15, -0.1) is 0 Å². The number of aliphatic hydroxyl groups is 18. The van der Waals surface area contributed by atoms with E-state index in [9.17, 15) is 130 Å². The first-order valence-electron chi connectivity index (χ1n) is 44.3. The Morgan fingerprint density at radius 3 is 1.38 bits per heavy atom. The van der Waals surface area contributed by atoms with Crippen LogP contribution in [-0.2, 0) is 95.1 Å². The van der Waals surface area contributed by atoms with Crippen molar-refractivity contribution in [1.82, 2.24) is 37.2 Å². The van der Waals surface area contributed by atoms with Crippen LogP contribution in [0.2, 0.25) is 0 Å². The van der Waals surface area contributed by atoms with E-state index in [1.807, 2.05) is 24.8 Å². The fourth-order valence-electron chi connectivity index (χ4n) is 16.1. The third-order valence-corrected chi connectivity index (χ3v) is 24.7. The largest absolute Gasteiger partial charge is 0.486 e. The highest BCUT2D eigenvalue weighted by Gasteiger charge is 2.57. The molecule has 48 nitrogen and oxygen atoms in total. The molecule has 8 fully saturated rings. The van der Waals surface area contributed by atoms with Crippen LogP contribution in [0.5, 0.6) is 11.5 Å². The number of thioether (sulfide) groups is 1. The van der Waals surface area contributed by atoms with Crippen molar-refractivity contribution in [2.45, 2.75) is 300 Å². The number of hydrogen-bond donors (Lipinski definition) is 25. The van der Waals surface area contributed by atoms with Crippen molar-refractivity contribution < 1.29 is 201 Å². The highest BCUT2D eigenvalue weighted by Crippen LogP contribution is 2.38. The Morgan fingerprint density at radius 1 is 0.406 bits per heavy atom. The number of nitrogens with one attached hydrogen (secondary N) is 7. The fraction of sp³-hybridized carbons (Fsp3) is 0.762. The van der Waals surface area contributed by atoms with Gasteiger partial charge >= 0.3 is 6.03 Å². The molecule has 0 bridgehead atoms. The lowest BCUT2D eigenvalue weighted by Crippen LogP contribution is -2.68. The minimum absolute atomic E-state index is 0.0599. The number of aryl methyl sites for hydroxylation is 1.